The first-order valence-corrected chi connectivity index (χ1v) is 7.47. The molecular weight excluding hydrogens is 246 g/mol. The summed E-state index contributed by atoms with van der Waals surface area (Å²) < 4.78 is 2.18. The zero-order valence-corrected chi connectivity index (χ0v) is 12.2. The number of aryl methyl sites for hydroxylation is 1. The van der Waals surface area contributed by atoms with E-state index in [1.807, 2.05) is 19.3 Å². The van der Waals surface area contributed by atoms with Gasteiger partial charge in [0.15, 0.2) is 0 Å². The largest absolute Gasteiger partial charge is 0.334 e. The molecule has 0 saturated heterocycles. The molecule has 0 atom stereocenters. The van der Waals surface area contributed by atoms with Crippen molar-refractivity contribution in [3.05, 3.63) is 18.2 Å². The zero-order valence-electron chi connectivity index (χ0n) is 11.5. The van der Waals surface area contributed by atoms with Gasteiger partial charge in [-0.3, -0.25) is 0 Å². The highest BCUT2D eigenvalue weighted by Crippen LogP contribution is 2.32. The highest BCUT2D eigenvalue weighted by Gasteiger charge is 2.32. The monoisotopic (exact) mass is 269 g/mol. The van der Waals surface area contributed by atoms with Crippen LogP contribution in [0, 0.1) is 12.8 Å². The van der Waals surface area contributed by atoms with Crippen LogP contribution in [0.15, 0.2) is 12.4 Å². The molecule has 1 saturated carbocycles. The molecule has 102 valence electrons. The summed E-state index contributed by atoms with van der Waals surface area (Å²) in [5, 5.41) is 3.69. The molecular formula is C14H24ClN3. The standard InChI is InChI=1S/C14H24ClN3/c1-12-3-5-14(11-15,6-4-12)17-8-10-18-9-7-16-13(18)2/h7,9,12,17H,3-6,8,10-11H2,1-2H3. The van der Waals surface area contributed by atoms with Gasteiger partial charge in [0.2, 0.25) is 0 Å². The van der Waals surface area contributed by atoms with E-state index in [1.54, 1.807) is 0 Å². The molecule has 1 fully saturated rings. The number of hydrogen-bond donors (Lipinski definition) is 1. The van der Waals surface area contributed by atoms with Crippen LogP contribution in [0.3, 0.4) is 0 Å². The normalized spacial score (nSPS) is 28.5. The Morgan fingerprint density at radius 1 is 1.50 bits per heavy atom. The molecule has 0 spiro atoms. The van der Waals surface area contributed by atoms with Crippen LogP contribution in [0.25, 0.3) is 0 Å². The molecule has 1 heterocycles. The third kappa shape index (κ3) is 3.27. The predicted octanol–water partition coefficient (Wildman–Crippen LogP) is 2.97. The van der Waals surface area contributed by atoms with E-state index in [-0.39, 0.29) is 5.54 Å². The minimum absolute atomic E-state index is 0.169. The summed E-state index contributed by atoms with van der Waals surface area (Å²) in [5.41, 5.74) is 0.169. The summed E-state index contributed by atoms with van der Waals surface area (Å²) in [6.45, 7) is 6.32. The van der Waals surface area contributed by atoms with Gasteiger partial charge in [-0.1, -0.05) is 6.92 Å². The van der Waals surface area contributed by atoms with Gasteiger partial charge in [-0.05, 0) is 38.5 Å². The Morgan fingerprint density at radius 2 is 2.22 bits per heavy atom. The van der Waals surface area contributed by atoms with Crippen LogP contribution in [0.4, 0.5) is 0 Å². The van der Waals surface area contributed by atoms with Gasteiger partial charge in [0.25, 0.3) is 0 Å². The minimum Gasteiger partial charge on any atom is -0.334 e. The molecule has 18 heavy (non-hydrogen) atoms. The first kappa shape index (κ1) is 13.9. The molecule has 0 unspecified atom stereocenters. The van der Waals surface area contributed by atoms with Crippen molar-refractivity contribution in [2.45, 2.75) is 51.6 Å². The van der Waals surface area contributed by atoms with E-state index < -0.39 is 0 Å². The van der Waals surface area contributed by atoms with Crippen molar-refractivity contribution in [2.75, 3.05) is 12.4 Å². The minimum atomic E-state index is 0.169. The maximum atomic E-state index is 6.20. The van der Waals surface area contributed by atoms with E-state index in [1.165, 1.54) is 25.7 Å². The Kier molecular flexibility index (Phi) is 4.68. The van der Waals surface area contributed by atoms with Crippen LogP contribution in [-0.2, 0) is 6.54 Å². The number of alkyl halides is 1. The molecule has 2 rings (SSSR count). The maximum absolute atomic E-state index is 6.20. The molecule has 1 N–H and O–H groups in total. The topological polar surface area (TPSA) is 29.9 Å². The van der Waals surface area contributed by atoms with Crippen LogP contribution >= 0.6 is 11.6 Å². The van der Waals surface area contributed by atoms with Gasteiger partial charge in [-0.2, -0.15) is 0 Å². The van der Waals surface area contributed by atoms with E-state index in [4.69, 9.17) is 11.6 Å². The number of hydrogen-bond acceptors (Lipinski definition) is 2. The average molecular weight is 270 g/mol. The molecule has 0 aromatic carbocycles. The van der Waals surface area contributed by atoms with Crippen molar-refractivity contribution in [1.29, 1.82) is 0 Å². The lowest BCUT2D eigenvalue weighted by molar-refractivity contribution is 0.216. The predicted molar refractivity (Wildman–Crippen MR) is 76.0 cm³/mol. The van der Waals surface area contributed by atoms with Gasteiger partial charge in [0.05, 0.1) is 0 Å². The third-order valence-corrected chi connectivity index (χ3v) is 4.78. The lowest BCUT2D eigenvalue weighted by atomic mass is 9.78. The quantitative estimate of drug-likeness (QED) is 0.833. The third-order valence-electron chi connectivity index (χ3n) is 4.26. The zero-order chi connectivity index (χ0) is 13.0. The van der Waals surface area contributed by atoms with E-state index in [9.17, 15) is 0 Å². The van der Waals surface area contributed by atoms with E-state index in [0.717, 1.165) is 30.7 Å². The summed E-state index contributed by atoms with van der Waals surface area (Å²) in [6, 6.07) is 0. The van der Waals surface area contributed by atoms with Gasteiger partial charge in [-0.25, -0.2) is 4.98 Å². The summed E-state index contributed by atoms with van der Waals surface area (Å²) in [7, 11) is 0. The van der Waals surface area contributed by atoms with Crippen molar-refractivity contribution >= 4 is 11.6 Å². The van der Waals surface area contributed by atoms with Crippen LogP contribution in [0.2, 0.25) is 0 Å². The van der Waals surface area contributed by atoms with E-state index >= 15 is 0 Å². The number of aromatic nitrogens is 2. The Bertz CT molecular complexity index is 367. The van der Waals surface area contributed by atoms with Crippen LogP contribution in [0.5, 0.6) is 0 Å². The lowest BCUT2D eigenvalue weighted by Gasteiger charge is -2.39. The Balaban J connectivity index is 1.82. The molecule has 1 aliphatic rings. The molecule has 1 aromatic heterocycles. The lowest BCUT2D eigenvalue weighted by Crippen LogP contribution is -2.50. The van der Waals surface area contributed by atoms with Crippen molar-refractivity contribution in [1.82, 2.24) is 14.9 Å². The van der Waals surface area contributed by atoms with Gasteiger partial charge < -0.3 is 9.88 Å². The number of rotatable bonds is 5. The van der Waals surface area contributed by atoms with Crippen molar-refractivity contribution in [3.8, 4) is 0 Å². The molecule has 1 aromatic rings. The summed E-state index contributed by atoms with van der Waals surface area (Å²) in [5.74, 6) is 2.66. The first-order valence-electron chi connectivity index (χ1n) is 6.94. The molecule has 0 radical (unpaired) electrons. The fraction of sp³-hybridized carbons (Fsp3) is 0.786. The fourth-order valence-electron chi connectivity index (χ4n) is 2.75. The van der Waals surface area contributed by atoms with Gasteiger partial charge in [0, 0.05) is 36.9 Å². The van der Waals surface area contributed by atoms with Crippen molar-refractivity contribution in [2.24, 2.45) is 5.92 Å². The molecule has 0 bridgehead atoms. The fourth-order valence-corrected chi connectivity index (χ4v) is 3.12. The number of halogens is 1. The summed E-state index contributed by atoms with van der Waals surface area (Å²) in [6.07, 6.45) is 8.90. The van der Waals surface area contributed by atoms with Gasteiger partial charge in [-0.15, -0.1) is 11.6 Å². The molecule has 0 aliphatic heterocycles. The molecule has 1 aliphatic carbocycles. The van der Waals surface area contributed by atoms with Crippen LogP contribution in [-0.4, -0.2) is 27.5 Å². The molecule has 0 amide bonds. The summed E-state index contributed by atoms with van der Waals surface area (Å²) in [4.78, 5) is 4.24. The SMILES string of the molecule is Cc1nccn1CCNC1(CCl)CCC(C)CC1. The van der Waals surface area contributed by atoms with Crippen molar-refractivity contribution in [3.63, 3.8) is 0 Å². The van der Waals surface area contributed by atoms with Crippen molar-refractivity contribution < 1.29 is 0 Å². The van der Waals surface area contributed by atoms with E-state index in [0.29, 0.717) is 0 Å². The Morgan fingerprint density at radius 3 is 2.78 bits per heavy atom. The average Bonchev–Trinajstić information content (AvgIpc) is 2.78. The Hall–Kier alpha value is -0.540. The second kappa shape index (κ2) is 6.07. The highest BCUT2D eigenvalue weighted by atomic mass is 35.5. The Labute approximate surface area is 115 Å². The van der Waals surface area contributed by atoms with Gasteiger partial charge in [0.1, 0.15) is 5.82 Å². The first-order chi connectivity index (χ1) is 8.65. The smallest absolute Gasteiger partial charge is 0.105 e. The van der Waals surface area contributed by atoms with Crippen LogP contribution < -0.4 is 5.32 Å². The number of nitrogens with one attached hydrogen (secondary N) is 1. The number of imidazole rings is 1. The molecule has 4 heteroatoms. The van der Waals surface area contributed by atoms with Gasteiger partial charge >= 0.3 is 0 Å². The van der Waals surface area contributed by atoms with Crippen LogP contribution in [0.1, 0.15) is 38.4 Å². The van der Waals surface area contributed by atoms with E-state index in [2.05, 4.69) is 21.8 Å². The number of nitrogens with zero attached hydrogens (tertiary/aromatic N) is 2. The second-order valence-corrected chi connectivity index (χ2v) is 5.96. The maximum Gasteiger partial charge on any atom is 0.105 e. The molecule has 3 nitrogen and oxygen atoms in total. The second-order valence-electron chi connectivity index (χ2n) is 5.69. The summed E-state index contributed by atoms with van der Waals surface area (Å²) >= 11 is 6.20. The highest BCUT2D eigenvalue weighted by molar-refractivity contribution is 6.18.